The number of benzene rings is 12. The first-order valence-corrected chi connectivity index (χ1v) is 48.7. The summed E-state index contributed by atoms with van der Waals surface area (Å²) >= 11 is 0. The molecule has 0 unspecified atom stereocenters. The third-order valence-corrected chi connectivity index (χ3v) is 26.7. The van der Waals surface area contributed by atoms with Gasteiger partial charge < -0.3 is 58.6 Å². The van der Waals surface area contributed by atoms with Crippen molar-refractivity contribution in [1.29, 1.82) is 0 Å². The second-order valence-electron chi connectivity index (χ2n) is 40.3. The summed E-state index contributed by atoms with van der Waals surface area (Å²) in [6.45, 7) is 29.9. The Morgan fingerprint density at radius 2 is 0.503 bits per heavy atom. The number of phenols is 4. The van der Waals surface area contributed by atoms with Crippen molar-refractivity contribution < 1.29 is 105 Å². The Labute approximate surface area is 924 Å². The first-order chi connectivity index (χ1) is 70.0. The largest absolute Gasteiger partial charge is 0.507 e. The first kappa shape index (κ1) is 105. The summed E-state index contributed by atoms with van der Waals surface area (Å²) in [5.41, 5.74) is 32.5. The fourth-order valence-corrected chi connectivity index (χ4v) is 19.5. The van der Waals surface area contributed by atoms with Crippen LogP contribution < -0.4 is 0 Å². The molecule has 0 atom stereocenters. The van der Waals surface area contributed by atoms with Crippen molar-refractivity contribution in [2.45, 2.75) is 113 Å². The number of aryl methyl sites for hydroxylation is 5. The minimum atomic E-state index is -0.225. The summed E-state index contributed by atoms with van der Waals surface area (Å²) in [5, 5.41) is 52.0. The molecule has 149 heavy (non-hydrogen) atoms. The van der Waals surface area contributed by atoms with Crippen LogP contribution in [0.2, 0.25) is 0 Å². The number of phenolic OH excluding ortho intramolecular Hbond substituents is 4. The van der Waals surface area contributed by atoms with Gasteiger partial charge in [-0.1, -0.05) is 241 Å². The van der Waals surface area contributed by atoms with Gasteiger partial charge in [-0.3, -0.25) is 0 Å². The van der Waals surface area contributed by atoms with Crippen LogP contribution in [0.25, 0.3) is 201 Å². The summed E-state index contributed by atoms with van der Waals surface area (Å²) in [5.74, 6) is 0.988. The predicted molar refractivity (Wildman–Crippen MR) is 591 cm³/mol. The van der Waals surface area contributed by atoms with Gasteiger partial charge in [0.1, 0.15) is 45.6 Å². The van der Waals surface area contributed by atoms with Gasteiger partial charge in [-0.2, -0.15) is 0 Å². The van der Waals surface area contributed by atoms with Gasteiger partial charge in [-0.05, 0) is 226 Å². The van der Waals surface area contributed by atoms with Crippen molar-refractivity contribution in [3.05, 3.63) is 433 Å². The zero-order valence-electron chi connectivity index (χ0n) is 84.6. The van der Waals surface area contributed by atoms with Gasteiger partial charge in [0.05, 0.1) is 44.8 Å². The van der Waals surface area contributed by atoms with E-state index in [0.717, 1.165) is 223 Å². The van der Waals surface area contributed by atoms with E-state index in [0.29, 0.717) is 16.9 Å². The Morgan fingerprint density at radius 1 is 0.228 bits per heavy atom. The van der Waals surface area contributed by atoms with Crippen molar-refractivity contribution in [3.8, 4) is 136 Å². The van der Waals surface area contributed by atoms with Crippen LogP contribution in [-0.2, 0) is 101 Å². The van der Waals surface area contributed by atoms with E-state index in [9.17, 15) is 20.4 Å². The number of para-hydroxylation sites is 6. The van der Waals surface area contributed by atoms with E-state index < -0.39 is 0 Å². The summed E-state index contributed by atoms with van der Waals surface area (Å²) in [4.78, 5) is 38.7. The number of aromatic hydroxyl groups is 4. The molecule has 0 aliphatic heterocycles. The van der Waals surface area contributed by atoms with Crippen molar-refractivity contribution >= 4 is 87.7 Å². The van der Waals surface area contributed by atoms with Crippen LogP contribution >= 0.6 is 0 Å². The van der Waals surface area contributed by atoms with Crippen molar-refractivity contribution in [3.63, 3.8) is 0 Å². The number of hydrogen-bond donors (Lipinski definition) is 4. The molecule has 0 saturated heterocycles. The summed E-state index contributed by atoms with van der Waals surface area (Å²) in [6, 6.07) is 128. The van der Waals surface area contributed by atoms with Gasteiger partial charge in [-0.15, -0.1) is 117 Å². The molecule has 0 aliphatic carbocycles. The predicted octanol–water partition coefficient (Wildman–Crippen LogP) is 31.1. The van der Waals surface area contributed by atoms with Crippen LogP contribution in [0.5, 0.6) is 23.0 Å². The number of nitrogens with zero attached hydrogens (tertiary/aromatic N) is 12. The molecule has 20 heteroatoms. The average molecular weight is 2670 g/mol. The molecule has 0 fully saturated rings. The monoisotopic (exact) mass is 2670 g/mol. The molecule has 24 rings (SSSR count). The number of hydrogen-bond acceptors (Lipinski definition) is 12. The summed E-state index contributed by atoms with van der Waals surface area (Å²) in [6.07, 6.45) is 7.22. The maximum absolute atomic E-state index is 11.6. The van der Waals surface area contributed by atoms with Gasteiger partial charge in [0, 0.05) is 180 Å². The molecule has 0 aliphatic rings. The quantitative estimate of drug-likeness (QED) is 0.0844. The van der Waals surface area contributed by atoms with Gasteiger partial charge in [0.25, 0.3) is 0 Å². The Morgan fingerprint density at radius 3 is 0.812 bits per heavy atom. The summed E-state index contributed by atoms with van der Waals surface area (Å²) in [7, 11) is 0. The molecule has 0 amide bonds. The number of pyridine rings is 8. The van der Waals surface area contributed by atoms with E-state index in [1.807, 2.05) is 190 Å². The zero-order chi connectivity index (χ0) is 100. The Balaban J connectivity index is 0.000000134. The van der Waals surface area contributed by atoms with Crippen LogP contribution in [0.4, 0.5) is 0 Å². The van der Waals surface area contributed by atoms with Gasteiger partial charge >= 0.3 is 0 Å². The van der Waals surface area contributed by atoms with E-state index in [2.05, 4.69) is 309 Å². The Kier molecular flexibility index (Phi) is 30.7. The minimum absolute atomic E-state index is 0. The molecule has 0 bridgehead atoms. The molecule has 0 spiro atoms. The SMILES string of the molecule is CC(C)(C)c1cc(-c2ccccn2)[c-]c(-n2c3ccccc3c3ccc(-c4ccccc4O)nc32)c1.Cc1cc(-c2ccccn2)[c-]c(-n2c3ccccc3c3ccc(-c4cc(C(C)(C)C)cc(C(C)(C)C)c4O)nc32)c1.Cc1cc(-c2ccccn2)[c-]c(-n2c3ccccc3c3ccc(-c4cc(C)cc(C)c4O)nc32)c1.Cc1cc(-c2ccccn2)[c-]c(-n2c3ccccc3c3ccc(-c4ccccc4O)nc32)c1.[Pt].[Pt].[Pt].[Pt]. The normalized spacial score (nSPS) is 11.4. The smallest absolute Gasteiger partial charge is 0.144 e. The fourth-order valence-electron chi connectivity index (χ4n) is 19.5. The minimum Gasteiger partial charge on any atom is -0.507 e. The molecular weight excluding hydrogens is 2560 g/mol. The molecule has 0 saturated carbocycles. The molecule has 12 aromatic heterocycles. The third kappa shape index (κ3) is 21.1. The van der Waals surface area contributed by atoms with E-state index in [1.165, 1.54) is 11.1 Å². The molecule has 0 radical (unpaired) electrons. The molecule has 750 valence electrons. The van der Waals surface area contributed by atoms with Crippen LogP contribution in [0.3, 0.4) is 0 Å². The Hall–Kier alpha value is -15.0. The number of aromatic nitrogens is 12. The standard InChI is InChI=1S/C37H36N3O.C32H26N3O.C31H24N3O.C29H20N3O.4Pt/c1-23-18-24(31-13-10-11-17-38-31)20-26(19-23)40-33-14-9-8-12-27(33)28-15-16-32(39-35(28)40)29-21-25(36(2,3)4)22-30(34(29)41)37(5,6)7;1-32(2,3)22-18-21(27-12-8-9-17-33-27)19-23(20-22)35-29-13-6-4-10-24(29)25-15-16-28(34-31(25)35)26-11-5-7-14-30(26)36;1-19-14-21(3)30(35)26(17-19)28-12-11-25-24-8-4-5-10-29(24)34(31(25)33-28)23-16-20(2)15-22(18-23)27-9-6-7-13-32-27;1-19-16-20(25-10-6-7-15-30-25)18-21(17-19)32-27-11-4-2-8-22(27)23-13-14-26(31-29(23)32)24-9-3-5-12-28(24)33;;;;/h8-19,21-22,41H,1-7H3;4-18,20,36H,1-3H3;4-17,35H,1-3H3;2-17,33H,1H3;;;;/q4*-1;;;;. The molecule has 24 aromatic rings. The second kappa shape index (κ2) is 43.4. The second-order valence-corrected chi connectivity index (χ2v) is 40.3. The maximum atomic E-state index is 11.6. The molecular formula is C129H106N12O4Pt4-4. The van der Waals surface area contributed by atoms with Crippen molar-refractivity contribution in [2.75, 3.05) is 0 Å². The fraction of sp³-hybridized carbons (Fsp3) is 0.132. The summed E-state index contributed by atoms with van der Waals surface area (Å²) < 4.78 is 8.67. The van der Waals surface area contributed by atoms with Crippen LogP contribution in [-0.4, -0.2) is 78.6 Å². The van der Waals surface area contributed by atoms with Crippen molar-refractivity contribution in [2.24, 2.45) is 0 Å². The van der Waals surface area contributed by atoms with Gasteiger partial charge in [0.15, 0.2) is 0 Å². The zero-order valence-corrected chi connectivity index (χ0v) is 93.7. The molecule has 16 nitrogen and oxygen atoms in total. The van der Waals surface area contributed by atoms with Crippen LogP contribution in [0, 0.1) is 58.9 Å². The van der Waals surface area contributed by atoms with E-state index in [-0.39, 0.29) is 118 Å². The topological polar surface area (TPSA) is 204 Å². The van der Waals surface area contributed by atoms with Crippen LogP contribution in [0.1, 0.15) is 107 Å². The Bertz CT molecular complexity index is 9140. The van der Waals surface area contributed by atoms with Gasteiger partial charge in [-0.25, -0.2) is 19.9 Å². The first-order valence-electron chi connectivity index (χ1n) is 48.7. The van der Waals surface area contributed by atoms with E-state index in [1.54, 1.807) is 24.5 Å². The molecule has 12 aromatic carbocycles. The maximum Gasteiger partial charge on any atom is 0.144 e. The number of rotatable bonds is 12. The third-order valence-electron chi connectivity index (χ3n) is 26.7. The molecule has 12 heterocycles. The van der Waals surface area contributed by atoms with Crippen molar-refractivity contribution in [1.82, 2.24) is 58.1 Å². The van der Waals surface area contributed by atoms with E-state index >= 15 is 0 Å². The number of fused-ring (bicyclic) bond motifs is 12. The van der Waals surface area contributed by atoms with E-state index in [4.69, 9.17) is 19.9 Å². The molecule has 4 N–H and O–H groups in total. The average Bonchev–Trinajstić information content (AvgIpc) is 1.59. The van der Waals surface area contributed by atoms with Gasteiger partial charge in [0.2, 0.25) is 0 Å². The van der Waals surface area contributed by atoms with Crippen LogP contribution in [0.15, 0.2) is 365 Å².